The van der Waals surface area contributed by atoms with Crippen LogP contribution in [0.3, 0.4) is 0 Å². The number of fused-ring (bicyclic) bond motifs is 1. The van der Waals surface area contributed by atoms with E-state index in [1.165, 1.54) is 24.0 Å². The fraction of sp³-hybridized carbons (Fsp3) is 0.600. The summed E-state index contributed by atoms with van der Waals surface area (Å²) in [5, 5.41) is 1.88. The molecule has 3 nitrogen and oxygen atoms in total. The molecule has 1 atom stereocenters. The molecule has 1 heterocycles. The van der Waals surface area contributed by atoms with Gasteiger partial charge in [0, 0.05) is 19.7 Å². The van der Waals surface area contributed by atoms with Gasteiger partial charge in [0.15, 0.2) is 0 Å². The lowest BCUT2D eigenvalue weighted by Crippen LogP contribution is -2.35. The minimum atomic E-state index is 0.130. The molecule has 0 spiro atoms. The fourth-order valence-electron chi connectivity index (χ4n) is 2.46. The number of hydrogen-bond donors (Lipinski definition) is 1. The summed E-state index contributed by atoms with van der Waals surface area (Å²) in [5.41, 5.74) is 2.70. The van der Waals surface area contributed by atoms with Crippen molar-refractivity contribution in [3.8, 4) is 0 Å². The van der Waals surface area contributed by atoms with Gasteiger partial charge in [0.2, 0.25) is 0 Å². The maximum Gasteiger partial charge on any atom is 0.0968 e. The second-order valence-corrected chi connectivity index (χ2v) is 5.01. The van der Waals surface area contributed by atoms with Gasteiger partial charge in [0.05, 0.1) is 6.10 Å². The first kappa shape index (κ1) is 13.5. The highest BCUT2D eigenvalue weighted by Crippen LogP contribution is 2.25. The van der Waals surface area contributed by atoms with Crippen LogP contribution in [-0.2, 0) is 11.2 Å². The van der Waals surface area contributed by atoms with Crippen LogP contribution in [0.2, 0.25) is 0 Å². The maximum absolute atomic E-state index is 6.04. The molecular weight excluding hydrogens is 224 g/mol. The van der Waals surface area contributed by atoms with E-state index in [9.17, 15) is 0 Å². The van der Waals surface area contributed by atoms with E-state index in [0.717, 1.165) is 32.5 Å². The molecule has 100 valence electrons. The van der Waals surface area contributed by atoms with Crippen LogP contribution in [0.1, 0.15) is 43.4 Å². The number of benzene rings is 1. The van der Waals surface area contributed by atoms with E-state index in [4.69, 9.17) is 10.6 Å². The lowest BCUT2D eigenvalue weighted by molar-refractivity contribution is 0.0263. The van der Waals surface area contributed by atoms with E-state index in [1.54, 1.807) is 0 Å². The zero-order valence-electron chi connectivity index (χ0n) is 11.3. The maximum atomic E-state index is 6.04. The predicted molar refractivity (Wildman–Crippen MR) is 74.1 cm³/mol. The van der Waals surface area contributed by atoms with Crippen LogP contribution >= 0.6 is 0 Å². The number of ether oxygens (including phenoxy) is 1. The Morgan fingerprint density at radius 3 is 3.00 bits per heavy atom. The molecular formula is C15H24N2O. The van der Waals surface area contributed by atoms with Crippen LogP contribution < -0.4 is 5.84 Å². The van der Waals surface area contributed by atoms with Crippen LogP contribution in [0.5, 0.6) is 0 Å². The molecule has 1 unspecified atom stereocenters. The molecule has 0 saturated carbocycles. The molecule has 1 aliphatic heterocycles. The van der Waals surface area contributed by atoms with Crippen molar-refractivity contribution < 1.29 is 4.74 Å². The monoisotopic (exact) mass is 248 g/mol. The van der Waals surface area contributed by atoms with E-state index in [0.29, 0.717) is 0 Å². The minimum Gasteiger partial charge on any atom is -0.372 e. The number of unbranched alkanes of at least 4 members (excludes halogenated alkanes) is 2. The normalized spacial score (nSPS) is 20.4. The van der Waals surface area contributed by atoms with Crippen molar-refractivity contribution in [2.75, 3.05) is 19.7 Å². The molecule has 0 aromatic heterocycles. The first-order chi connectivity index (χ1) is 8.81. The molecule has 2 N–H and O–H groups in total. The van der Waals surface area contributed by atoms with E-state index < -0.39 is 0 Å². The first-order valence-electron chi connectivity index (χ1n) is 7.00. The lowest BCUT2D eigenvalue weighted by Gasteiger charge is -2.21. The molecule has 0 radical (unpaired) electrons. The van der Waals surface area contributed by atoms with Gasteiger partial charge >= 0.3 is 0 Å². The topological polar surface area (TPSA) is 38.5 Å². The zero-order valence-corrected chi connectivity index (χ0v) is 11.3. The lowest BCUT2D eigenvalue weighted by atomic mass is 10.0. The van der Waals surface area contributed by atoms with Crippen LogP contribution in [0.4, 0.5) is 0 Å². The summed E-state index contributed by atoms with van der Waals surface area (Å²) in [4.78, 5) is 0. The Labute approximate surface area is 110 Å². The van der Waals surface area contributed by atoms with Gasteiger partial charge in [-0.15, -0.1) is 0 Å². The molecule has 1 aromatic carbocycles. The van der Waals surface area contributed by atoms with E-state index in [-0.39, 0.29) is 6.10 Å². The van der Waals surface area contributed by atoms with E-state index >= 15 is 0 Å². The molecule has 0 aliphatic carbocycles. The summed E-state index contributed by atoms with van der Waals surface area (Å²) in [6.07, 6.45) is 4.75. The Morgan fingerprint density at radius 1 is 1.33 bits per heavy atom. The molecule has 0 saturated heterocycles. The predicted octanol–water partition coefficient (Wildman–Crippen LogP) is 2.67. The molecule has 18 heavy (non-hydrogen) atoms. The second kappa shape index (κ2) is 6.88. The average Bonchev–Trinajstić information content (AvgIpc) is 2.55. The Kier molecular flexibility index (Phi) is 5.17. The average molecular weight is 248 g/mol. The summed E-state index contributed by atoms with van der Waals surface area (Å²) >= 11 is 0. The van der Waals surface area contributed by atoms with Crippen molar-refractivity contribution in [3.63, 3.8) is 0 Å². The minimum absolute atomic E-state index is 0.130. The van der Waals surface area contributed by atoms with Gasteiger partial charge in [-0.3, -0.25) is 5.84 Å². The highest BCUT2D eigenvalue weighted by Gasteiger charge is 2.21. The Balaban J connectivity index is 2.02. The standard InChI is InChI=1S/C15H24N2O/c1-2-3-6-11-18-15-12-17(16)10-9-13-7-4-5-8-14(13)15/h4-5,7-8,15H,2-3,6,9-12,16H2,1H3. The molecule has 2 rings (SSSR count). The van der Waals surface area contributed by atoms with Crippen molar-refractivity contribution >= 4 is 0 Å². The third-order valence-electron chi connectivity index (χ3n) is 3.54. The van der Waals surface area contributed by atoms with Crippen molar-refractivity contribution in [1.82, 2.24) is 5.01 Å². The summed E-state index contributed by atoms with van der Waals surface area (Å²) in [6, 6.07) is 8.56. The Bertz CT molecular complexity index is 367. The quantitative estimate of drug-likeness (QED) is 0.643. The second-order valence-electron chi connectivity index (χ2n) is 5.01. The highest BCUT2D eigenvalue weighted by atomic mass is 16.5. The third kappa shape index (κ3) is 3.55. The zero-order chi connectivity index (χ0) is 12.8. The summed E-state index contributed by atoms with van der Waals surface area (Å²) in [5.74, 6) is 5.99. The Hall–Kier alpha value is -0.900. The van der Waals surface area contributed by atoms with Crippen LogP contribution in [0, 0.1) is 0 Å². The van der Waals surface area contributed by atoms with Crippen molar-refractivity contribution in [3.05, 3.63) is 35.4 Å². The van der Waals surface area contributed by atoms with Gasteiger partial charge in [-0.1, -0.05) is 44.0 Å². The van der Waals surface area contributed by atoms with Crippen molar-refractivity contribution in [2.45, 2.75) is 38.7 Å². The number of nitrogens with zero attached hydrogens (tertiary/aromatic N) is 1. The molecule has 1 aromatic rings. The smallest absolute Gasteiger partial charge is 0.0968 e. The van der Waals surface area contributed by atoms with Gasteiger partial charge in [-0.2, -0.15) is 0 Å². The van der Waals surface area contributed by atoms with Crippen LogP contribution in [0.25, 0.3) is 0 Å². The van der Waals surface area contributed by atoms with Crippen LogP contribution in [0.15, 0.2) is 24.3 Å². The summed E-state index contributed by atoms with van der Waals surface area (Å²) < 4.78 is 6.04. The van der Waals surface area contributed by atoms with E-state index in [1.807, 2.05) is 5.01 Å². The molecule has 0 amide bonds. The van der Waals surface area contributed by atoms with Crippen LogP contribution in [-0.4, -0.2) is 24.7 Å². The molecule has 0 fully saturated rings. The summed E-state index contributed by atoms with van der Waals surface area (Å²) in [6.45, 7) is 4.75. The summed E-state index contributed by atoms with van der Waals surface area (Å²) in [7, 11) is 0. The molecule has 0 bridgehead atoms. The fourth-order valence-corrected chi connectivity index (χ4v) is 2.46. The van der Waals surface area contributed by atoms with Gasteiger partial charge < -0.3 is 4.74 Å². The van der Waals surface area contributed by atoms with Crippen molar-refractivity contribution in [1.29, 1.82) is 0 Å². The largest absolute Gasteiger partial charge is 0.372 e. The van der Waals surface area contributed by atoms with Gasteiger partial charge in [0.25, 0.3) is 0 Å². The van der Waals surface area contributed by atoms with E-state index in [2.05, 4.69) is 31.2 Å². The third-order valence-corrected chi connectivity index (χ3v) is 3.54. The van der Waals surface area contributed by atoms with Crippen molar-refractivity contribution in [2.24, 2.45) is 5.84 Å². The van der Waals surface area contributed by atoms with Gasteiger partial charge in [-0.05, 0) is 24.0 Å². The highest BCUT2D eigenvalue weighted by molar-refractivity contribution is 5.30. The van der Waals surface area contributed by atoms with Gasteiger partial charge in [0.1, 0.15) is 0 Å². The number of hydrogen-bond acceptors (Lipinski definition) is 3. The SMILES string of the molecule is CCCCCOC1CN(N)CCc2ccccc21. The molecule has 3 heteroatoms. The number of nitrogens with two attached hydrogens (primary N) is 1. The number of rotatable bonds is 5. The van der Waals surface area contributed by atoms with Gasteiger partial charge in [-0.25, -0.2) is 5.01 Å². The number of hydrazine groups is 1. The molecule has 1 aliphatic rings. The Morgan fingerprint density at radius 2 is 2.17 bits per heavy atom. The first-order valence-corrected chi connectivity index (χ1v) is 7.00.